The third kappa shape index (κ3) is 4.88. The summed E-state index contributed by atoms with van der Waals surface area (Å²) in [6.45, 7) is 1.90. The van der Waals surface area contributed by atoms with Gasteiger partial charge < -0.3 is 5.32 Å². The molecule has 3 aromatic rings. The Labute approximate surface area is 161 Å². The molecule has 5 nitrogen and oxygen atoms in total. The molecule has 2 N–H and O–H groups in total. The Kier molecular flexibility index (Phi) is 5.91. The molecule has 0 radical (unpaired) electrons. The second kappa shape index (κ2) is 8.73. The summed E-state index contributed by atoms with van der Waals surface area (Å²) in [6.07, 6.45) is 1.41. The number of para-hydroxylation sites is 1. The van der Waals surface area contributed by atoms with Crippen molar-refractivity contribution in [2.45, 2.75) is 6.92 Å². The van der Waals surface area contributed by atoms with Crippen molar-refractivity contribution in [2.24, 2.45) is 5.10 Å². The van der Waals surface area contributed by atoms with Crippen LogP contribution in [-0.2, 0) is 0 Å². The van der Waals surface area contributed by atoms with Crippen molar-refractivity contribution in [3.05, 3.63) is 101 Å². The van der Waals surface area contributed by atoms with E-state index in [2.05, 4.69) is 15.8 Å². The van der Waals surface area contributed by atoms with Crippen LogP contribution in [0.25, 0.3) is 0 Å². The van der Waals surface area contributed by atoms with Crippen LogP contribution in [0.15, 0.2) is 77.9 Å². The van der Waals surface area contributed by atoms with Crippen molar-refractivity contribution in [3.8, 4) is 0 Å². The lowest BCUT2D eigenvalue weighted by molar-refractivity contribution is 0.0956. The summed E-state index contributed by atoms with van der Waals surface area (Å²) in [5.74, 6) is -1.13. The smallest absolute Gasteiger partial charge is 0.273 e. The average molecular weight is 375 g/mol. The molecule has 0 aromatic heterocycles. The zero-order valence-electron chi connectivity index (χ0n) is 15.1. The van der Waals surface area contributed by atoms with Gasteiger partial charge in [-0.25, -0.2) is 9.82 Å². The number of nitrogens with zero attached hydrogens (tertiary/aromatic N) is 1. The van der Waals surface area contributed by atoms with E-state index < -0.39 is 5.91 Å². The van der Waals surface area contributed by atoms with Gasteiger partial charge in [0, 0.05) is 5.56 Å². The molecule has 0 saturated carbocycles. The number of halogens is 1. The maximum atomic E-state index is 12.9. The molecule has 0 aliphatic carbocycles. The number of nitrogens with one attached hydrogen (secondary N) is 2. The van der Waals surface area contributed by atoms with E-state index in [1.165, 1.54) is 18.3 Å². The molecule has 0 spiro atoms. The summed E-state index contributed by atoms with van der Waals surface area (Å²) in [4.78, 5) is 24.9. The zero-order valence-corrected chi connectivity index (χ0v) is 15.1. The minimum absolute atomic E-state index is 0.278. The molecule has 0 unspecified atom stereocenters. The van der Waals surface area contributed by atoms with Crippen LogP contribution in [0.5, 0.6) is 0 Å². The van der Waals surface area contributed by atoms with E-state index in [1.54, 1.807) is 54.6 Å². The first kappa shape index (κ1) is 19.0. The Morgan fingerprint density at radius 1 is 0.929 bits per heavy atom. The van der Waals surface area contributed by atoms with Crippen molar-refractivity contribution in [3.63, 3.8) is 0 Å². The van der Waals surface area contributed by atoms with Crippen LogP contribution in [0.2, 0.25) is 0 Å². The fourth-order valence-electron chi connectivity index (χ4n) is 2.55. The molecular formula is C22H18FN3O2. The Balaban J connectivity index is 1.71. The maximum absolute atomic E-state index is 12.9. The molecule has 3 rings (SSSR count). The highest BCUT2D eigenvalue weighted by molar-refractivity contribution is 6.09. The number of hydrazone groups is 1. The molecule has 0 atom stereocenters. The molecule has 28 heavy (non-hydrogen) atoms. The van der Waals surface area contributed by atoms with Gasteiger partial charge in [0.15, 0.2) is 0 Å². The fraction of sp³-hybridized carbons (Fsp3) is 0.0455. The van der Waals surface area contributed by atoms with Gasteiger partial charge >= 0.3 is 0 Å². The largest absolute Gasteiger partial charge is 0.321 e. The lowest BCUT2D eigenvalue weighted by Gasteiger charge is -2.10. The van der Waals surface area contributed by atoms with Crippen LogP contribution in [-0.4, -0.2) is 18.0 Å². The van der Waals surface area contributed by atoms with Gasteiger partial charge in [-0.2, -0.15) is 5.10 Å². The number of amides is 2. The van der Waals surface area contributed by atoms with E-state index in [4.69, 9.17) is 0 Å². The molecule has 0 aliphatic heterocycles. The van der Waals surface area contributed by atoms with E-state index in [0.29, 0.717) is 16.8 Å². The summed E-state index contributed by atoms with van der Waals surface area (Å²) >= 11 is 0. The van der Waals surface area contributed by atoms with Crippen LogP contribution in [0.1, 0.15) is 31.8 Å². The number of hydrogen-bond acceptors (Lipinski definition) is 3. The molecule has 140 valence electrons. The Bertz CT molecular complexity index is 1030. The van der Waals surface area contributed by atoms with Crippen molar-refractivity contribution < 1.29 is 14.0 Å². The minimum Gasteiger partial charge on any atom is -0.321 e. The summed E-state index contributed by atoms with van der Waals surface area (Å²) < 4.78 is 12.9. The Morgan fingerprint density at radius 2 is 1.68 bits per heavy atom. The molecule has 0 saturated heterocycles. The van der Waals surface area contributed by atoms with Gasteiger partial charge in [-0.15, -0.1) is 0 Å². The summed E-state index contributed by atoms with van der Waals surface area (Å²) in [5.41, 5.74) is 5.18. The van der Waals surface area contributed by atoms with E-state index in [0.717, 1.165) is 5.56 Å². The average Bonchev–Trinajstić information content (AvgIpc) is 2.70. The first-order valence-corrected chi connectivity index (χ1v) is 8.59. The SMILES string of the molecule is Cc1cccc(C(=O)Nc2ccccc2C(=O)N/N=C\c2ccc(F)cc2)c1. The van der Waals surface area contributed by atoms with Crippen LogP contribution in [0.3, 0.4) is 0 Å². The lowest BCUT2D eigenvalue weighted by Crippen LogP contribution is -2.21. The van der Waals surface area contributed by atoms with Crippen LogP contribution in [0, 0.1) is 12.7 Å². The lowest BCUT2D eigenvalue weighted by atomic mass is 10.1. The topological polar surface area (TPSA) is 70.6 Å². The van der Waals surface area contributed by atoms with Crippen molar-refractivity contribution >= 4 is 23.7 Å². The van der Waals surface area contributed by atoms with Crippen LogP contribution in [0.4, 0.5) is 10.1 Å². The van der Waals surface area contributed by atoms with E-state index in [-0.39, 0.29) is 17.3 Å². The highest BCUT2D eigenvalue weighted by Gasteiger charge is 2.13. The first-order valence-electron chi connectivity index (χ1n) is 8.59. The molecule has 0 heterocycles. The number of hydrogen-bond donors (Lipinski definition) is 2. The monoisotopic (exact) mass is 375 g/mol. The molecule has 3 aromatic carbocycles. The molecule has 0 fully saturated rings. The van der Waals surface area contributed by atoms with Crippen LogP contribution >= 0.6 is 0 Å². The number of aryl methyl sites for hydroxylation is 1. The standard InChI is InChI=1S/C22H18FN3O2/c1-15-5-4-6-17(13-15)21(27)25-20-8-3-2-7-19(20)22(28)26-24-14-16-9-11-18(23)12-10-16/h2-14H,1H3,(H,25,27)(H,26,28)/b24-14-. The third-order valence-corrected chi connectivity index (χ3v) is 3.95. The molecule has 2 amide bonds. The van der Waals surface area contributed by atoms with Gasteiger partial charge in [0.2, 0.25) is 0 Å². The van der Waals surface area contributed by atoms with Crippen molar-refractivity contribution in [2.75, 3.05) is 5.32 Å². The zero-order chi connectivity index (χ0) is 19.9. The van der Waals surface area contributed by atoms with Crippen molar-refractivity contribution in [1.29, 1.82) is 0 Å². The predicted octanol–water partition coefficient (Wildman–Crippen LogP) is 4.15. The van der Waals surface area contributed by atoms with Gasteiger partial charge in [-0.1, -0.05) is 42.0 Å². The number of anilines is 1. The summed E-state index contributed by atoms with van der Waals surface area (Å²) in [7, 11) is 0. The summed E-state index contributed by atoms with van der Waals surface area (Å²) in [6, 6.07) is 19.5. The quantitative estimate of drug-likeness (QED) is 0.519. The second-order valence-electron chi connectivity index (χ2n) is 6.12. The molecular weight excluding hydrogens is 357 g/mol. The number of carbonyl (C=O) groups excluding carboxylic acids is 2. The highest BCUT2D eigenvalue weighted by atomic mass is 19.1. The number of carbonyl (C=O) groups is 2. The van der Waals surface area contributed by atoms with Gasteiger partial charge in [0.25, 0.3) is 11.8 Å². The van der Waals surface area contributed by atoms with E-state index >= 15 is 0 Å². The van der Waals surface area contributed by atoms with E-state index in [1.807, 2.05) is 13.0 Å². The highest BCUT2D eigenvalue weighted by Crippen LogP contribution is 2.16. The molecule has 6 heteroatoms. The minimum atomic E-state index is -0.474. The number of benzene rings is 3. The fourth-order valence-corrected chi connectivity index (χ4v) is 2.55. The Morgan fingerprint density at radius 3 is 2.43 bits per heavy atom. The normalized spacial score (nSPS) is 10.6. The number of rotatable bonds is 5. The second-order valence-corrected chi connectivity index (χ2v) is 6.12. The maximum Gasteiger partial charge on any atom is 0.273 e. The molecule has 0 aliphatic rings. The van der Waals surface area contributed by atoms with Gasteiger partial charge in [-0.05, 0) is 48.9 Å². The Hall–Kier alpha value is -3.80. The van der Waals surface area contributed by atoms with E-state index in [9.17, 15) is 14.0 Å². The first-order chi connectivity index (χ1) is 13.5. The summed E-state index contributed by atoms with van der Waals surface area (Å²) in [5, 5.41) is 6.63. The molecule has 0 bridgehead atoms. The van der Waals surface area contributed by atoms with Gasteiger partial charge in [0.1, 0.15) is 5.82 Å². The van der Waals surface area contributed by atoms with Gasteiger partial charge in [-0.3, -0.25) is 9.59 Å². The third-order valence-electron chi connectivity index (χ3n) is 3.95. The predicted molar refractivity (Wildman–Crippen MR) is 107 cm³/mol. The van der Waals surface area contributed by atoms with Crippen molar-refractivity contribution in [1.82, 2.24) is 5.43 Å². The van der Waals surface area contributed by atoms with Crippen LogP contribution < -0.4 is 10.7 Å². The van der Waals surface area contributed by atoms with Gasteiger partial charge in [0.05, 0.1) is 17.5 Å².